The van der Waals surface area contributed by atoms with E-state index in [9.17, 15) is 28.8 Å². The summed E-state index contributed by atoms with van der Waals surface area (Å²) >= 11 is 0. The average molecular weight is 487 g/mol. The molecule has 3 aromatic rings. The normalized spacial score (nSPS) is 16.5. The molecule has 1 aromatic heterocycles. The summed E-state index contributed by atoms with van der Waals surface area (Å²) < 4.78 is 34.9. The lowest BCUT2D eigenvalue weighted by Crippen LogP contribution is -2.48. The van der Waals surface area contributed by atoms with Gasteiger partial charge in [-0.2, -0.15) is 5.10 Å². The maximum Gasteiger partial charge on any atom is 0.345 e. The number of nitro benzene ring substituents is 1. The maximum atomic E-state index is 14.6. The van der Waals surface area contributed by atoms with Gasteiger partial charge in [0.05, 0.1) is 11.5 Å². The summed E-state index contributed by atoms with van der Waals surface area (Å²) in [7, 11) is 0. The maximum absolute atomic E-state index is 14.6. The molecule has 1 unspecified atom stereocenters. The molecule has 2 aromatic carbocycles. The third-order valence-electron chi connectivity index (χ3n) is 5.94. The van der Waals surface area contributed by atoms with Crippen LogP contribution in [0, 0.1) is 21.7 Å². The molecule has 0 aliphatic carbocycles. The fraction of sp³-hybridized carbons (Fsp3) is 0.348. The number of carbonyl (C=O) groups excluding carboxylic acids is 1. The number of likely N-dealkylation sites (tertiary alicyclic amines) is 1. The van der Waals surface area contributed by atoms with Gasteiger partial charge in [-0.3, -0.25) is 15.0 Å². The number of benzene rings is 2. The second kappa shape index (κ2) is 10.2. The van der Waals surface area contributed by atoms with Crippen molar-refractivity contribution < 1.29 is 28.3 Å². The van der Waals surface area contributed by atoms with Crippen molar-refractivity contribution in [1.82, 2.24) is 19.7 Å². The molecule has 184 valence electrons. The third-order valence-corrected chi connectivity index (χ3v) is 5.94. The summed E-state index contributed by atoms with van der Waals surface area (Å²) in [5.41, 5.74) is -2.25. The van der Waals surface area contributed by atoms with Crippen LogP contribution in [0.2, 0.25) is 0 Å². The van der Waals surface area contributed by atoms with Crippen LogP contribution in [0.25, 0.3) is 0 Å². The first-order valence-corrected chi connectivity index (χ1v) is 10.9. The fourth-order valence-corrected chi connectivity index (χ4v) is 4.25. The lowest BCUT2D eigenvalue weighted by atomic mass is 9.91. The van der Waals surface area contributed by atoms with Crippen LogP contribution in [0.3, 0.4) is 0 Å². The van der Waals surface area contributed by atoms with Crippen molar-refractivity contribution in [2.75, 3.05) is 19.6 Å². The number of rotatable bonds is 8. The summed E-state index contributed by atoms with van der Waals surface area (Å²) in [6.07, 6.45) is 3.04. The predicted octanol–water partition coefficient (Wildman–Crippen LogP) is 2.67. The van der Waals surface area contributed by atoms with Crippen LogP contribution in [-0.4, -0.2) is 61.4 Å². The molecule has 0 spiro atoms. The molecule has 10 nitrogen and oxygen atoms in total. The molecule has 1 atom stereocenters. The van der Waals surface area contributed by atoms with E-state index in [1.807, 2.05) is 4.90 Å². The van der Waals surface area contributed by atoms with E-state index in [-0.39, 0.29) is 29.9 Å². The van der Waals surface area contributed by atoms with Crippen molar-refractivity contribution in [3.8, 4) is 0 Å². The van der Waals surface area contributed by atoms with Gasteiger partial charge in [0.15, 0.2) is 0 Å². The summed E-state index contributed by atoms with van der Waals surface area (Å²) in [6.45, 7) is 0.733. The molecule has 0 saturated carbocycles. The van der Waals surface area contributed by atoms with Crippen molar-refractivity contribution in [2.45, 2.75) is 31.1 Å². The number of β-amino-alcohol motifs (C(OH)–C–C–N with tert-alkyl or cyclic N) is 1. The number of piperidine rings is 1. The highest BCUT2D eigenvalue weighted by Gasteiger charge is 2.37. The number of para-hydroxylation sites is 1. The summed E-state index contributed by atoms with van der Waals surface area (Å²) in [5.74, 6) is -2.40. The Bertz CT molecular complexity index is 1200. The molecule has 1 aliphatic rings. The lowest BCUT2D eigenvalue weighted by molar-refractivity contribution is -0.385. The number of esters is 1. The molecule has 35 heavy (non-hydrogen) atoms. The van der Waals surface area contributed by atoms with Crippen LogP contribution >= 0.6 is 0 Å². The number of aromatic nitrogens is 3. The minimum Gasteiger partial charge on any atom is -0.458 e. The van der Waals surface area contributed by atoms with E-state index in [1.165, 1.54) is 47.7 Å². The largest absolute Gasteiger partial charge is 0.458 e. The zero-order chi connectivity index (χ0) is 25.0. The number of ether oxygens (including phenoxy) is 1. The summed E-state index contributed by atoms with van der Waals surface area (Å²) in [4.78, 5) is 28.8. The first-order chi connectivity index (χ1) is 16.7. The predicted molar refractivity (Wildman–Crippen MR) is 118 cm³/mol. The Morgan fingerprint density at radius 3 is 2.60 bits per heavy atom. The average Bonchev–Trinajstić information content (AvgIpc) is 3.32. The van der Waals surface area contributed by atoms with Gasteiger partial charge in [-0.1, -0.05) is 18.2 Å². The Labute approximate surface area is 198 Å². The Morgan fingerprint density at radius 1 is 1.20 bits per heavy atom. The number of hydrogen-bond donors (Lipinski definition) is 1. The van der Waals surface area contributed by atoms with Crippen molar-refractivity contribution in [1.29, 1.82) is 0 Å². The molecule has 2 heterocycles. The van der Waals surface area contributed by atoms with Gasteiger partial charge in [0, 0.05) is 37.3 Å². The van der Waals surface area contributed by atoms with Gasteiger partial charge in [0.25, 0.3) is 5.69 Å². The Morgan fingerprint density at radius 2 is 1.94 bits per heavy atom. The molecule has 0 bridgehead atoms. The van der Waals surface area contributed by atoms with E-state index in [4.69, 9.17) is 4.74 Å². The lowest BCUT2D eigenvalue weighted by Gasteiger charge is -2.38. The molecule has 0 radical (unpaired) electrons. The minimum atomic E-state index is -1.74. The number of nitrogens with zero attached hydrogens (tertiary/aromatic N) is 5. The monoisotopic (exact) mass is 487 g/mol. The molecule has 4 rings (SSSR count). The Hall–Kier alpha value is -3.77. The van der Waals surface area contributed by atoms with Gasteiger partial charge in [0.1, 0.15) is 41.6 Å². The Kier molecular flexibility index (Phi) is 7.12. The molecule has 1 saturated heterocycles. The van der Waals surface area contributed by atoms with Gasteiger partial charge in [0.2, 0.25) is 0 Å². The third kappa shape index (κ3) is 5.66. The van der Waals surface area contributed by atoms with E-state index < -0.39 is 34.2 Å². The highest BCUT2D eigenvalue weighted by Crippen LogP contribution is 2.29. The number of carbonyl (C=O) groups is 1. The molecular formula is C23H23F2N5O5. The van der Waals surface area contributed by atoms with Crippen molar-refractivity contribution in [2.24, 2.45) is 0 Å². The summed E-state index contributed by atoms with van der Waals surface area (Å²) in [5, 5.41) is 26.6. The topological polar surface area (TPSA) is 124 Å². The van der Waals surface area contributed by atoms with Crippen LogP contribution in [-0.2, 0) is 16.9 Å². The zero-order valence-electron chi connectivity index (χ0n) is 18.6. The SMILES string of the molecule is O=C(OC1CCN(CC(O)(Cn2cncn2)c2ccc(F)cc2F)CC1)c1ccccc1[N+](=O)[O-]. The van der Waals surface area contributed by atoms with Crippen LogP contribution < -0.4 is 0 Å². The Balaban J connectivity index is 1.43. The summed E-state index contributed by atoms with van der Waals surface area (Å²) in [6, 6.07) is 8.59. The number of aliphatic hydroxyl groups is 1. The molecular weight excluding hydrogens is 464 g/mol. The van der Waals surface area contributed by atoms with E-state index in [1.54, 1.807) is 0 Å². The van der Waals surface area contributed by atoms with E-state index in [0.29, 0.717) is 25.9 Å². The van der Waals surface area contributed by atoms with E-state index in [2.05, 4.69) is 10.1 Å². The second-order valence-corrected chi connectivity index (χ2v) is 8.40. The van der Waals surface area contributed by atoms with Gasteiger partial charge < -0.3 is 9.84 Å². The quantitative estimate of drug-likeness (QED) is 0.292. The van der Waals surface area contributed by atoms with Crippen LogP contribution in [0.4, 0.5) is 14.5 Å². The molecule has 0 amide bonds. The van der Waals surface area contributed by atoms with Crippen LogP contribution in [0.1, 0.15) is 28.8 Å². The smallest absolute Gasteiger partial charge is 0.345 e. The standard InChI is InChI=1S/C23H23F2N5O5/c24-16-5-6-19(20(25)11-16)23(32,13-29-15-26-14-27-29)12-28-9-7-17(8-10-28)35-22(31)18-3-1-2-4-21(18)30(33)34/h1-6,11,14-15,17,32H,7-10,12-13H2. The zero-order valence-corrected chi connectivity index (χ0v) is 18.6. The van der Waals surface area contributed by atoms with Gasteiger partial charge >= 0.3 is 5.97 Å². The van der Waals surface area contributed by atoms with Gasteiger partial charge in [-0.05, 0) is 25.0 Å². The van der Waals surface area contributed by atoms with Crippen LogP contribution in [0.15, 0.2) is 55.1 Å². The molecule has 1 N–H and O–H groups in total. The number of nitro groups is 1. The van der Waals surface area contributed by atoms with Crippen molar-refractivity contribution in [3.05, 3.63) is 88.0 Å². The first kappa shape index (κ1) is 24.4. The van der Waals surface area contributed by atoms with E-state index in [0.717, 1.165) is 12.1 Å². The number of hydrogen-bond acceptors (Lipinski definition) is 8. The fourth-order valence-electron chi connectivity index (χ4n) is 4.25. The van der Waals surface area contributed by atoms with Gasteiger partial charge in [-0.25, -0.2) is 23.2 Å². The highest BCUT2D eigenvalue weighted by atomic mass is 19.1. The van der Waals surface area contributed by atoms with Crippen molar-refractivity contribution >= 4 is 11.7 Å². The van der Waals surface area contributed by atoms with E-state index >= 15 is 0 Å². The number of halogens is 2. The second-order valence-electron chi connectivity index (χ2n) is 8.40. The van der Waals surface area contributed by atoms with Gasteiger partial charge in [-0.15, -0.1) is 0 Å². The minimum absolute atomic E-state index is 0.0141. The van der Waals surface area contributed by atoms with Crippen molar-refractivity contribution in [3.63, 3.8) is 0 Å². The van der Waals surface area contributed by atoms with Crippen LogP contribution in [0.5, 0.6) is 0 Å². The highest BCUT2D eigenvalue weighted by molar-refractivity contribution is 5.93. The molecule has 1 fully saturated rings. The first-order valence-electron chi connectivity index (χ1n) is 10.9. The molecule has 1 aliphatic heterocycles. The molecule has 12 heteroatoms.